The summed E-state index contributed by atoms with van der Waals surface area (Å²) in [4.78, 5) is 27.2. The molecule has 1 unspecified atom stereocenters. The molecule has 0 radical (unpaired) electrons. The van der Waals surface area contributed by atoms with Crippen molar-refractivity contribution >= 4 is 27.5 Å². The maximum atomic E-state index is 13.8. The molecular formula is C34H41FN6O6S. The van der Waals surface area contributed by atoms with Gasteiger partial charge in [-0.3, -0.25) is 13.9 Å². The van der Waals surface area contributed by atoms with E-state index >= 15 is 0 Å². The van der Waals surface area contributed by atoms with Gasteiger partial charge in [-0.2, -0.15) is 0 Å². The molecule has 4 aromatic rings. The van der Waals surface area contributed by atoms with E-state index in [0.717, 1.165) is 22.5 Å². The van der Waals surface area contributed by atoms with Crippen LogP contribution in [0.5, 0.6) is 0 Å². The highest BCUT2D eigenvalue weighted by molar-refractivity contribution is 7.92. The van der Waals surface area contributed by atoms with Crippen molar-refractivity contribution in [2.75, 3.05) is 17.6 Å². The van der Waals surface area contributed by atoms with Crippen molar-refractivity contribution in [2.45, 2.75) is 63.9 Å². The number of aliphatic hydroxyl groups excluding tert-OH is 2. The molecule has 1 aromatic heterocycles. The second-order valence-electron chi connectivity index (χ2n) is 11.8. The van der Waals surface area contributed by atoms with E-state index in [1.807, 2.05) is 37.3 Å². The maximum absolute atomic E-state index is 13.8. The van der Waals surface area contributed by atoms with Gasteiger partial charge in [-0.15, -0.1) is 5.10 Å². The van der Waals surface area contributed by atoms with Crippen molar-refractivity contribution in [3.05, 3.63) is 113 Å². The topological polar surface area (TPSA) is 167 Å². The van der Waals surface area contributed by atoms with Crippen molar-refractivity contribution in [1.29, 1.82) is 0 Å². The molecule has 2 amide bonds. The molecule has 0 aliphatic heterocycles. The summed E-state index contributed by atoms with van der Waals surface area (Å²) in [6.45, 7) is 3.60. The van der Waals surface area contributed by atoms with Gasteiger partial charge in [-0.1, -0.05) is 61.0 Å². The molecule has 0 saturated carbocycles. The van der Waals surface area contributed by atoms with E-state index in [4.69, 9.17) is 0 Å². The number of sulfonamides is 1. The van der Waals surface area contributed by atoms with E-state index in [9.17, 15) is 32.6 Å². The Morgan fingerprint density at radius 2 is 1.60 bits per heavy atom. The van der Waals surface area contributed by atoms with Crippen LogP contribution in [-0.2, 0) is 23.0 Å². The second-order valence-corrected chi connectivity index (χ2v) is 13.8. The van der Waals surface area contributed by atoms with Crippen LogP contribution in [0.2, 0.25) is 0 Å². The van der Waals surface area contributed by atoms with E-state index in [-0.39, 0.29) is 29.8 Å². The summed E-state index contributed by atoms with van der Waals surface area (Å²) < 4.78 is 40.7. The van der Waals surface area contributed by atoms with Gasteiger partial charge in [0, 0.05) is 18.2 Å². The van der Waals surface area contributed by atoms with Crippen molar-refractivity contribution in [3.63, 3.8) is 0 Å². The SMILES string of the molecule is CCCC(O)c1cn(C[C@H](O)[C@H](Cc2ccccc2)NC(=O)c2cc(C(=O)N[C@H](C)c3ccc(F)cc3)cc(N(C)S(C)(=O)=O)c2)nn1. The summed E-state index contributed by atoms with van der Waals surface area (Å²) in [6.07, 6.45) is 2.09. The van der Waals surface area contributed by atoms with E-state index in [2.05, 4.69) is 20.9 Å². The zero-order valence-electron chi connectivity index (χ0n) is 27.2. The number of benzene rings is 3. The number of amides is 2. The fourth-order valence-electron chi connectivity index (χ4n) is 5.06. The molecular weight excluding hydrogens is 639 g/mol. The Hall–Kier alpha value is -4.66. The summed E-state index contributed by atoms with van der Waals surface area (Å²) >= 11 is 0. The van der Waals surface area contributed by atoms with Crippen LogP contribution >= 0.6 is 0 Å². The van der Waals surface area contributed by atoms with E-state index in [0.29, 0.717) is 17.7 Å². The van der Waals surface area contributed by atoms with Crippen molar-refractivity contribution in [2.24, 2.45) is 0 Å². The maximum Gasteiger partial charge on any atom is 0.251 e. The molecule has 12 nitrogen and oxygen atoms in total. The Morgan fingerprint density at radius 1 is 0.979 bits per heavy atom. The Kier molecular flexibility index (Phi) is 12.0. The van der Waals surface area contributed by atoms with Gasteiger partial charge < -0.3 is 20.8 Å². The summed E-state index contributed by atoms with van der Waals surface area (Å²) in [5.74, 6) is -1.66. The number of hydrogen-bond acceptors (Lipinski definition) is 8. The molecule has 0 aliphatic rings. The normalized spacial score (nSPS) is 14.1. The number of carbonyl (C=O) groups excluding carboxylic acids is 2. The van der Waals surface area contributed by atoms with Crippen LogP contribution in [0.25, 0.3) is 0 Å². The molecule has 3 aromatic carbocycles. The average Bonchev–Trinajstić information content (AvgIpc) is 3.52. The molecule has 0 saturated heterocycles. The zero-order chi connectivity index (χ0) is 35.0. The van der Waals surface area contributed by atoms with Crippen molar-refractivity contribution in [1.82, 2.24) is 25.6 Å². The number of nitrogens with zero attached hydrogens (tertiary/aromatic N) is 4. The zero-order valence-corrected chi connectivity index (χ0v) is 28.1. The lowest BCUT2D eigenvalue weighted by Crippen LogP contribution is -2.46. The number of halogens is 1. The van der Waals surface area contributed by atoms with Crippen LogP contribution in [0.3, 0.4) is 0 Å². The number of aliphatic hydroxyl groups is 2. The molecule has 4 N–H and O–H groups in total. The van der Waals surface area contributed by atoms with Gasteiger partial charge in [0.2, 0.25) is 10.0 Å². The number of nitrogens with one attached hydrogen (secondary N) is 2. The van der Waals surface area contributed by atoms with Gasteiger partial charge in [0.05, 0.1) is 49.0 Å². The first-order valence-corrected chi connectivity index (χ1v) is 17.4. The van der Waals surface area contributed by atoms with Gasteiger partial charge in [0.1, 0.15) is 11.5 Å². The monoisotopic (exact) mass is 680 g/mol. The first-order valence-electron chi connectivity index (χ1n) is 15.5. The fraction of sp³-hybridized carbons (Fsp3) is 0.353. The molecule has 4 rings (SSSR count). The van der Waals surface area contributed by atoms with Gasteiger partial charge in [0.25, 0.3) is 11.8 Å². The third-order valence-electron chi connectivity index (χ3n) is 7.93. The van der Waals surface area contributed by atoms with E-state index in [1.54, 1.807) is 25.3 Å². The lowest BCUT2D eigenvalue weighted by molar-refractivity contribution is 0.0778. The molecule has 4 atom stereocenters. The minimum absolute atomic E-state index is 0.0152. The predicted molar refractivity (Wildman–Crippen MR) is 179 cm³/mol. The number of rotatable bonds is 15. The van der Waals surface area contributed by atoms with Gasteiger partial charge in [-0.05, 0) is 61.2 Å². The summed E-state index contributed by atoms with van der Waals surface area (Å²) in [7, 11) is -2.46. The summed E-state index contributed by atoms with van der Waals surface area (Å²) in [5.41, 5.74) is 1.93. The molecule has 0 fully saturated rings. The number of hydrogen-bond donors (Lipinski definition) is 4. The van der Waals surface area contributed by atoms with Crippen LogP contribution in [-0.4, -0.2) is 70.9 Å². The summed E-state index contributed by atoms with van der Waals surface area (Å²) in [5, 5.41) is 35.3. The van der Waals surface area contributed by atoms with Gasteiger partial charge in [-0.25, -0.2) is 17.5 Å². The molecule has 48 heavy (non-hydrogen) atoms. The van der Waals surface area contributed by atoms with Crippen molar-refractivity contribution < 1.29 is 32.6 Å². The third kappa shape index (κ3) is 9.69. The van der Waals surface area contributed by atoms with Gasteiger partial charge in [0.15, 0.2) is 0 Å². The van der Waals surface area contributed by atoms with E-state index in [1.165, 1.54) is 42.1 Å². The average molecular weight is 681 g/mol. The molecule has 256 valence electrons. The molecule has 0 aliphatic carbocycles. The highest BCUT2D eigenvalue weighted by atomic mass is 32.2. The third-order valence-corrected chi connectivity index (χ3v) is 9.14. The van der Waals surface area contributed by atoms with E-state index < -0.39 is 51.9 Å². The molecule has 0 bridgehead atoms. The Labute approximate surface area is 279 Å². The van der Waals surface area contributed by atoms with Crippen LogP contribution in [0, 0.1) is 5.82 Å². The predicted octanol–water partition coefficient (Wildman–Crippen LogP) is 3.54. The second kappa shape index (κ2) is 16.0. The largest absolute Gasteiger partial charge is 0.389 e. The minimum Gasteiger partial charge on any atom is -0.389 e. The van der Waals surface area contributed by atoms with Crippen LogP contribution in [0.1, 0.15) is 76.4 Å². The standard InChI is InChI=1S/C34H41FN6O6S/c1-5-9-31(42)30-20-41(39-38-30)21-32(43)29(16-23-10-7-6-8-11-23)37-34(45)26-17-25(18-28(19-26)40(3)48(4,46)47)33(44)36-22(2)24-12-14-27(35)15-13-24/h6-8,10-15,17-20,22,29,31-32,42-43H,5,9,16,21H2,1-4H3,(H,36,44)(H,37,45)/t22-,29+,31?,32+/m1/s1. The first-order chi connectivity index (χ1) is 22.7. The highest BCUT2D eigenvalue weighted by Gasteiger charge is 2.26. The minimum atomic E-state index is -3.77. The molecule has 14 heteroatoms. The lowest BCUT2D eigenvalue weighted by Gasteiger charge is -2.25. The molecule has 0 spiro atoms. The van der Waals surface area contributed by atoms with Crippen LogP contribution < -0.4 is 14.9 Å². The summed E-state index contributed by atoms with van der Waals surface area (Å²) in [6, 6.07) is 17.5. The molecule has 1 heterocycles. The number of anilines is 1. The Morgan fingerprint density at radius 3 is 2.21 bits per heavy atom. The van der Waals surface area contributed by atoms with Crippen molar-refractivity contribution in [3.8, 4) is 0 Å². The van der Waals surface area contributed by atoms with Crippen LogP contribution in [0.15, 0.2) is 79.0 Å². The highest BCUT2D eigenvalue weighted by Crippen LogP contribution is 2.23. The smallest absolute Gasteiger partial charge is 0.251 e. The quantitative estimate of drug-likeness (QED) is 0.148. The number of carbonyl (C=O) groups is 2. The Balaban J connectivity index is 1.62. The van der Waals surface area contributed by atoms with Gasteiger partial charge >= 0.3 is 0 Å². The van der Waals surface area contributed by atoms with Crippen LogP contribution in [0.4, 0.5) is 10.1 Å². The Bertz CT molecular complexity index is 1800. The first kappa shape index (κ1) is 36.2. The number of aromatic nitrogens is 3. The lowest BCUT2D eigenvalue weighted by atomic mass is 10.00. The fourth-order valence-corrected chi connectivity index (χ4v) is 5.55.